The third kappa shape index (κ3) is 5.75. The maximum Gasteiger partial charge on any atom is 0.251 e. The van der Waals surface area contributed by atoms with Crippen molar-refractivity contribution in [3.05, 3.63) is 71.3 Å². The highest BCUT2D eigenvalue weighted by Gasteiger charge is 2.15. The Bertz CT molecular complexity index is 696. The Morgan fingerprint density at radius 2 is 1.56 bits per heavy atom. The monoisotopic (exact) mass is 338 g/mol. The van der Waals surface area contributed by atoms with Gasteiger partial charge in [0.05, 0.1) is 6.04 Å². The molecule has 4 nitrogen and oxygen atoms in total. The normalized spacial score (nSPS) is 12.9. The molecule has 0 bridgehead atoms. The van der Waals surface area contributed by atoms with Gasteiger partial charge in [-0.15, -0.1) is 0 Å². The summed E-state index contributed by atoms with van der Waals surface area (Å²) in [5.41, 5.74) is 2.95. The van der Waals surface area contributed by atoms with Gasteiger partial charge in [-0.25, -0.2) is 0 Å². The van der Waals surface area contributed by atoms with Gasteiger partial charge in [0, 0.05) is 18.0 Å². The average molecular weight is 338 g/mol. The third-order valence-electron chi connectivity index (χ3n) is 4.17. The Labute approximate surface area is 149 Å². The molecule has 0 aliphatic carbocycles. The zero-order valence-electron chi connectivity index (χ0n) is 15.1. The summed E-state index contributed by atoms with van der Waals surface area (Å²) in [6.45, 7) is 5.92. The fraction of sp³-hybridized carbons (Fsp3) is 0.333. The number of rotatable bonds is 7. The van der Waals surface area contributed by atoms with Gasteiger partial charge in [-0.1, -0.05) is 49.4 Å². The predicted octanol–water partition coefficient (Wildman–Crippen LogP) is 3.63. The molecule has 2 rings (SSSR count). The van der Waals surface area contributed by atoms with Gasteiger partial charge in [-0.2, -0.15) is 0 Å². The van der Waals surface area contributed by atoms with Gasteiger partial charge >= 0.3 is 0 Å². The molecule has 4 heteroatoms. The van der Waals surface area contributed by atoms with E-state index >= 15 is 0 Å². The Kier molecular flexibility index (Phi) is 6.75. The summed E-state index contributed by atoms with van der Waals surface area (Å²) in [4.78, 5) is 24.3. The number of carbonyl (C=O) groups excluding carboxylic acids is 2. The van der Waals surface area contributed by atoms with E-state index < -0.39 is 0 Å². The predicted molar refractivity (Wildman–Crippen MR) is 100 cm³/mol. The SMILES string of the molecule is CCc1ccc(C(C)NC(=O)CC(C)NC(=O)c2ccccc2)cc1. The van der Waals surface area contributed by atoms with Crippen LogP contribution in [0.4, 0.5) is 0 Å². The van der Waals surface area contributed by atoms with Crippen molar-refractivity contribution < 1.29 is 9.59 Å². The van der Waals surface area contributed by atoms with Crippen molar-refractivity contribution >= 4 is 11.8 Å². The van der Waals surface area contributed by atoms with E-state index in [-0.39, 0.29) is 30.3 Å². The minimum Gasteiger partial charge on any atom is -0.350 e. The second-order valence-electron chi connectivity index (χ2n) is 6.33. The van der Waals surface area contributed by atoms with Crippen LogP contribution in [-0.2, 0) is 11.2 Å². The lowest BCUT2D eigenvalue weighted by molar-refractivity contribution is -0.122. The standard InChI is InChI=1S/C21H26N2O2/c1-4-17-10-12-18(13-11-17)16(3)23-20(24)14-15(2)22-21(25)19-8-6-5-7-9-19/h5-13,15-16H,4,14H2,1-3H3,(H,22,25)(H,23,24). The van der Waals surface area contributed by atoms with Crippen LogP contribution in [0.5, 0.6) is 0 Å². The molecule has 0 heterocycles. The van der Waals surface area contributed by atoms with Crippen molar-refractivity contribution in [2.24, 2.45) is 0 Å². The summed E-state index contributed by atoms with van der Waals surface area (Å²) < 4.78 is 0. The zero-order chi connectivity index (χ0) is 18.2. The third-order valence-corrected chi connectivity index (χ3v) is 4.17. The van der Waals surface area contributed by atoms with Crippen LogP contribution >= 0.6 is 0 Å². The maximum absolute atomic E-state index is 12.2. The fourth-order valence-electron chi connectivity index (χ4n) is 2.65. The first-order valence-corrected chi connectivity index (χ1v) is 8.73. The van der Waals surface area contributed by atoms with E-state index in [1.165, 1.54) is 5.56 Å². The highest BCUT2D eigenvalue weighted by molar-refractivity contribution is 5.94. The Morgan fingerprint density at radius 1 is 0.920 bits per heavy atom. The molecular weight excluding hydrogens is 312 g/mol. The van der Waals surface area contributed by atoms with Crippen LogP contribution in [0.1, 0.15) is 54.7 Å². The number of hydrogen-bond donors (Lipinski definition) is 2. The van der Waals surface area contributed by atoms with Crippen molar-refractivity contribution in [3.63, 3.8) is 0 Å². The second-order valence-corrected chi connectivity index (χ2v) is 6.33. The minimum atomic E-state index is -0.234. The molecule has 2 amide bonds. The molecule has 2 N–H and O–H groups in total. The van der Waals surface area contributed by atoms with E-state index in [4.69, 9.17) is 0 Å². The number of aryl methyl sites for hydroxylation is 1. The van der Waals surface area contributed by atoms with Crippen molar-refractivity contribution in [2.45, 2.75) is 45.7 Å². The van der Waals surface area contributed by atoms with Crippen molar-refractivity contribution in [1.29, 1.82) is 0 Å². The minimum absolute atomic E-state index is 0.0598. The van der Waals surface area contributed by atoms with Gasteiger partial charge in [0.25, 0.3) is 5.91 Å². The highest BCUT2D eigenvalue weighted by atomic mass is 16.2. The van der Waals surface area contributed by atoms with E-state index in [1.54, 1.807) is 12.1 Å². The molecule has 2 aromatic rings. The largest absolute Gasteiger partial charge is 0.350 e. The lowest BCUT2D eigenvalue weighted by atomic mass is 10.0. The molecule has 2 unspecified atom stereocenters. The molecule has 0 fully saturated rings. The second kappa shape index (κ2) is 9.02. The van der Waals surface area contributed by atoms with E-state index in [2.05, 4.69) is 29.7 Å². The van der Waals surface area contributed by atoms with Crippen LogP contribution in [-0.4, -0.2) is 17.9 Å². The van der Waals surface area contributed by atoms with Crippen LogP contribution in [0, 0.1) is 0 Å². The van der Waals surface area contributed by atoms with E-state index in [0.29, 0.717) is 5.56 Å². The Hall–Kier alpha value is -2.62. The van der Waals surface area contributed by atoms with Crippen molar-refractivity contribution in [3.8, 4) is 0 Å². The van der Waals surface area contributed by atoms with E-state index in [9.17, 15) is 9.59 Å². The Balaban J connectivity index is 1.83. The smallest absolute Gasteiger partial charge is 0.251 e. The molecule has 0 spiro atoms. The van der Waals surface area contributed by atoms with Gasteiger partial charge in [0.15, 0.2) is 0 Å². The van der Waals surface area contributed by atoms with Gasteiger partial charge in [0.2, 0.25) is 5.91 Å². The van der Waals surface area contributed by atoms with Crippen LogP contribution in [0.3, 0.4) is 0 Å². The average Bonchev–Trinajstić information content (AvgIpc) is 2.62. The summed E-state index contributed by atoms with van der Waals surface area (Å²) in [6.07, 6.45) is 1.25. The molecule has 2 atom stereocenters. The molecular formula is C21H26N2O2. The molecule has 2 aromatic carbocycles. The molecule has 0 saturated heterocycles. The van der Waals surface area contributed by atoms with Gasteiger partial charge in [-0.05, 0) is 43.5 Å². The fourth-order valence-corrected chi connectivity index (χ4v) is 2.65. The number of nitrogens with one attached hydrogen (secondary N) is 2. The number of hydrogen-bond acceptors (Lipinski definition) is 2. The molecule has 0 radical (unpaired) electrons. The summed E-state index contributed by atoms with van der Waals surface area (Å²) in [5.74, 6) is -0.239. The number of benzene rings is 2. The van der Waals surface area contributed by atoms with Crippen LogP contribution < -0.4 is 10.6 Å². The quantitative estimate of drug-likeness (QED) is 0.810. The van der Waals surface area contributed by atoms with E-state index in [1.807, 2.05) is 44.2 Å². The molecule has 0 aromatic heterocycles. The van der Waals surface area contributed by atoms with E-state index in [0.717, 1.165) is 12.0 Å². The number of amides is 2. The lowest BCUT2D eigenvalue weighted by Crippen LogP contribution is -2.37. The lowest BCUT2D eigenvalue weighted by Gasteiger charge is -2.18. The Morgan fingerprint density at radius 3 is 2.16 bits per heavy atom. The van der Waals surface area contributed by atoms with Crippen LogP contribution in [0.2, 0.25) is 0 Å². The van der Waals surface area contributed by atoms with Crippen LogP contribution in [0.25, 0.3) is 0 Å². The molecule has 25 heavy (non-hydrogen) atoms. The summed E-state index contributed by atoms with van der Waals surface area (Å²) >= 11 is 0. The molecule has 132 valence electrons. The maximum atomic E-state index is 12.2. The number of carbonyl (C=O) groups is 2. The topological polar surface area (TPSA) is 58.2 Å². The molecule has 0 aliphatic rings. The van der Waals surface area contributed by atoms with Gasteiger partial charge < -0.3 is 10.6 Å². The summed E-state index contributed by atoms with van der Waals surface area (Å²) in [6, 6.07) is 17.0. The first-order chi connectivity index (χ1) is 12.0. The summed E-state index contributed by atoms with van der Waals surface area (Å²) in [7, 11) is 0. The first-order valence-electron chi connectivity index (χ1n) is 8.73. The van der Waals surface area contributed by atoms with Crippen molar-refractivity contribution in [2.75, 3.05) is 0 Å². The van der Waals surface area contributed by atoms with Gasteiger partial charge in [-0.3, -0.25) is 9.59 Å². The molecule has 0 saturated carbocycles. The van der Waals surface area contributed by atoms with Crippen molar-refractivity contribution in [1.82, 2.24) is 10.6 Å². The highest BCUT2D eigenvalue weighted by Crippen LogP contribution is 2.14. The first kappa shape index (κ1) is 18.7. The van der Waals surface area contributed by atoms with Crippen LogP contribution in [0.15, 0.2) is 54.6 Å². The summed E-state index contributed by atoms with van der Waals surface area (Å²) in [5, 5.41) is 5.84. The molecule has 0 aliphatic heterocycles. The van der Waals surface area contributed by atoms with Gasteiger partial charge in [0.1, 0.15) is 0 Å². The zero-order valence-corrected chi connectivity index (χ0v) is 15.1.